The van der Waals surface area contributed by atoms with Crippen molar-refractivity contribution < 1.29 is 57.5 Å². The summed E-state index contributed by atoms with van der Waals surface area (Å²) < 4.78 is 6.83. The van der Waals surface area contributed by atoms with Crippen LogP contribution in [0.2, 0.25) is 0 Å². The summed E-state index contributed by atoms with van der Waals surface area (Å²) in [5, 5.41) is 11.2. The highest BCUT2D eigenvalue weighted by Crippen LogP contribution is 2.39. The number of nitrogens with zero attached hydrogens (tertiary/aromatic N) is 7. The van der Waals surface area contributed by atoms with Crippen molar-refractivity contribution >= 4 is 76.7 Å². The van der Waals surface area contributed by atoms with Crippen LogP contribution in [0, 0.1) is 41.4 Å². The van der Waals surface area contributed by atoms with Gasteiger partial charge in [0.2, 0.25) is 65.0 Å². The number of carbonyl (C=O) groups excluding carboxylic acids is 11. The maximum atomic E-state index is 15.6. The fourth-order valence-corrected chi connectivity index (χ4v) is 13.6. The van der Waals surface area contributed by atoms with Gasteiger partial charge in [0.25, 0.3) is 0 Å². The number of ether oxygens (including phenoxy) is 1. The van der Waals surface area contributed by atoms with Crippen LogP contribution in [-0.4, -0.2) is 227 Å². The first-order valence-electron chi connectivity index (χ1n) is 34.2. The molecule has 0 saturated carbocycles. The molecule has 3 rings (SSSR count). The Bertz CT molecular complexity index is 2750. The zero-order valence-electron chi connectivity index (χ0n) is 61.3. The number of likely N-dealkylation sites (N-methyl/N-ethyl adjacent to an activating group) is 7. The van der Waals surface area contributed by atoms with Crippen LogP contribution < -0.4 is 21.3 Å². The molecule has 24 heteroatoms. The van der Waals surface area contributed by atoms with Crippen LogP contribution >= 0.6 is 11.8 Å². The molecule has 0 radical (unpaired) electrons. The Balaban J connectivity index is 2.31. The number of unbranched alkanes of at least 4 members (excludes halogenated alkanes) is 1. The van der Waals surface area contributed by atoms with Crippen LogP contribution in [0.4, 0.5) is 0 Å². The summed E-state index contributed by atoms with van der Waals surface area (Å²) in [6.07, 6.45) is 3.41. The molecule has 2 aliphatic heterocycles. The van der Waals surface area contributed by atoms with Crippen molar-refractivity contribution in [2.45, 2.75) is 252 Å². The average molecular weight is 1340 g/mol. The predicted octanol–water partition coefficient (Wildman–Crippen LogP) is 6.19. The second kappa shape index (κ2) is 37.3. The van der Waals surface area contributed by atoms with E-state index in [1.165, 1.54) is 115 Å². The van der Waals surface area contributed by atoms with Gasteiger partial charge in [-0.3, -0.25) is 52.7 Å². The molecule has 0 bridgehead atoms. The van der Waals surface area contributed by atoms with E-state index in [-0.39, 0.29) is 61.7 Å². The molecule has 1 aromatic carbocycles. The largest absolute Gasteiger partial charge is 0.361 e. The maximum absolute atomic E-state index is 15.6. The summed E-state index contributed by atoms with van der Waals surface area (Å²) in [7, 11) is 10.3. The quantitative estimate of drug-likeness (QED) is 0.136. The number of nitrogens with one attached hydrogen (secondary N) is 4. The van der Waals surface area contributed by atoms with Crippen molar-refractivity contribution in [3.05, 3.63) is 29.8 Å². The Morgan fingerprint density at radius 1 is 0.489 bits per heavy atom. The molecule has 0 spiro atoms. The molecule has 0 aliphatic carbocycles. The average Bonchev–Trinajstić information content (AvgIpc) is 1.38. The lowest BCUT2D eigenvalue weighted by Gasteiger charge is -2.41. The molecular weight excluding hydrogens is 1220 g/mol. The SMILES string of the molecule is CCCCc1ccc(S[C@H]2C[C@@H](C)[C@H]([C@H]3C(=O)N[C@@H](CC)C(=O)N(C)CC(=O)N(C)[C@@H](CC(C)C)C(=O)N[C@@H](C(C)C)C(=O)N(C)[C@@H](CC(C)C)C(=O)N[C@@H](C)C(=O)N[C@H](C)C(=O)N(C)[C@@H](CC(C)C)C(=O)N(C)[C@@H](CC(C)C)C(=O)N(C)[C@@H](C(C)C)C(=O)N3C)O2)cc1. The van der Waals surface area contributed by atoms with Crippen LogP contribution in [0.3, 0.4) is 0 Å². The molecule has 2 heterocycles. The molecule has 2 fully saturated rings. The monoisotopic (exact) mass is 1340 g/mol. The first-order valence-corrected chi connectivity index (χ1v) is 35.1. The Kier molecular flexibility index (Phi) is 32.5. The van der Waals surface area contributed by atoms with Crippen LogP contribution in [0.1, 0.15) is 175 Å². The highest BCUT2D eigenvalue weighted by atomic mass is 32.2. The van der Waals surface area contributed by atoms with E-state index in [2.05, 4.69) is 40.3 Å². The van der Waals surface area contributed by atoms with Gasteiger partial charge in [-0.05, 0) is 124 Å². The van der Waals surface area contributed by atoms with Gasteiger partial charge in [0.1, 0.15) is 65.9 Å². The van der Waals surface area contributed by atoms with E-state index >= 15 is 19.2 Å². The van der Waals surface area contributed by atoms with Gasteiger partial charge >= 0.3 is 0 Å². The number of hydrogen-bond donors (Lipinski definition) is 4. The molecule has 94 heavy (non-hydrogen) atoms. The minimum absolute atomic E-state index is 0.0681. The number of thioether (sulfide) groups is 1. The van der Waals surface area contributed by atoms with Crippen LogP contribution in [0.5, 0.6) is 0 Å². The predicted molar refractivity (Wildman–Crippen MR) is 367 cm³/mol. The molecule has 0 aromatic heterocycles. The summed E-state index contributed by atoms with van der Waals surface area (Å²) in [6, 6.07) is -3.63. The molecule has 2 aliphatic rings. The van der Waals surface area contributed by atoms with Gasteiger partial charge in [-0.25, -0.2) is 0 Å². The van der Waals surface area contributed by atoms with Gasteiger partial charge < -0.3 is 60.3 Å². The molecule has 532 valence electrons. The third-order valence-corrected chi connectivity index (χ3v) is 19.3. The lowest BCUT2D eigenvalue weighted by Crippen LogP contribution is -2.63. The Morgan fingerprint density at radius 3 is 1.45 bits per heavy atom. The summed E-state index contributed by atoms with van der Waals surface area (Å²) >= 11 is 1.51. The molecule has 2 saturated heterocycles. The first kappa shape index (κ1) is 81.9. The number of benzene rings is 1. The third kappa shape index (κ3) is 22.4. The Labute approximate surface area is 566 Å². The van der Waals surface area contributed by atoms with E-state index in [4.69, 9.17) is 4.74 Å². The van der Waals surface area contributed by atoms with E-state index in [0.29, 0.717) is 6.42 Å². The summed E-state index contributed by atoms with van der Waals surface area (Å²) in [6.45, 7) is 30.3. The lowest BCUT2D eigenvalue weighted by molar-refractivity contribution is -0.157. The summed E-state index contributed by atoms with van der Waals surface area (Å²) in [5.41, 5.74) is 0.779. The Morgan fingerprint density at radius 2 is 0.957 bits per heavy atom. The zero-order valence-corrected chi connectivity index (χ0v) is 62.1. The molecule has 13 atom stereocenters. The van der Waals surface area contributed by atoms with Gasteiger partial charge in [0.05, 0.1) is 12.6 Å². The highest BCUT2D eigenvalue weighted by molar-refractivity contribution is 7.99. The van der Waals surface area contributed by atoms with E-state index in [1.54, 1.807) is 34.6 Å². The maximum Gasteiger partial charge on any atom is 0.246 e. The number of aryl methyl sites for hydroxylation is 1. The van der Waals surface area contributed by atoms with E-state index in [9.17, 15) is 33.6 Å². The normalized spacial score (nSPS) is 27.9. The van der Waals surface area contributed by atoms with Crippen molar-refractivity contribution in [2.75, 3.05) is 55.9 Å². The topological polar surface area (TPSA) is 268 Å². The molecule has 23 nitrogen and oxygen atoms in total. The van der Waals surface area contributed by atoms with Gasteiger partial charge in [0, 0.05) is 54.2 Å². The van der Waals surface area contributed by atoms with Crippen molar-refractivity contribution in [2.24, 2.45) is 41.4 Å². The van der Waals surface area contributed by atoms with Gasteiger partial charge in [-0.2, -0.15) is 0 Å². The number of amides is 11. The zero-order chi connectivity index (χ0) is 71.7. The number of rotatable bonds is 17. The van der Waals surface area contributed by atoms with E-state index in [1.807, 2.05) is 74.4 Å². The third-order valence-electron chi connectivity index (χ3n) is 18.2. The lowest BCUT2D eigenvalue weighted by atomic mass is 9.93. The van der Waals surface area contributed by atoms with Gasteiger partial charge in [-0.1, -0.05) is 134 Å². The minimum Gasteiger partial charge on any atom is -0.361 e. The minimum atomic E-state index is -1.36. The summed E-state index contributed by atoms with van der Waals surface area (Å²) in [4.78, 5) is 172. The fourth-order valence-electron chi connectivity index (χ4n) is 12.4. The van der Waals surface area contributed by atoms with E-state index < -0.39 is 155 Å². The number of carbonyl (C=O) groups is 11. The smallest absolute Gasteiger partial charge is 0.246 e. The Hall–Kier alpha value is -6.30. The first-order chi connectivity index (χ1) is 43.7. The van der Waals surface area contributed by atoms with Crippen molar-refractivity contribution in [3.63, 3.8) is 0 Å². The van der Waals surface area contributed by atoms with Crippen LogP contribution in [0.25, 0.3) is 0 Å². The second-order valence-corrected chi connectivity index (χ2v) is 30.2. The van der Waals surface area contributed by atoms with Crippen LogP contribution in [0.15, 0.2) is 29.2 Å². The van der Waals surface area contributed by atoms with Gasteiger partial charge in [0.15, 0.2) is 0 Å². The molecule has 0 unspecified atom stereocenters. The van der Waals surface area contributed by atoms with Gasteiger partial charge in [-0.15, -0.1) is 0 Å². The number of hydrogen-bond acceptors (Lipinski definition) is 13. The molecule has 1 aromatic rings. The van der Waals surface area contributed by atoms with Crippen molar-refractivity contribution in [1.82, 2.24) is 55.6 Å². The van der Waals surface area contributed by atoms with E-state index in [0.717, 1.165) is 24.2 Å². The molecular formula is C70H119N11O12S. The van der Waals surface area contributed by atoms with Crippen molar-refractivity contribution in [1.29, 1.82) is 0 Å². The standard InChI is InChI=1S/C70H119N11O12S/c1-25-27-28-48-29-31-49(32-30-48)94-56-37-45(15)60(93-56)59-64(86)73-50(26-2)66(88)75(18)38-55(82)76(19)51(33-39(3)4)63(85)74-57(43(11)12)69(91)77(20)52(34-40(5)6)62(84)71-46(16)61(83)72-47(17)65(87)78(21)53(35-41(7)8)67(89)79(22)54(36-42(9)10)68(90)80(23)58(44(13)14)70(92)81(59)24/h29-32,39-47,50-54,56-60H,25-28,33-38H2,1-24H3,(H,71,84)(H,72,83)(H,73,86)(H,74,85)/t45-,46+,47-,50+,51+,52+,53+,54+,56+,57+,58+,59+,60-/m1/s1. The molecule has 11 amide bonds. The van der Waals surface area contributed by atoms with Crippen molar-refractivity contribution in [3.8, 4) is 0 Å². The fraction of sp³-hybridized carbons (Fsp3) is 0.757. The second-order valence-electron chi connectivity index (χ2n) is 28.9. The van der Waals surface area contributed by atoms with Crippen LogP contribution in [-0.2, 0) is 63.9 Å². The molecule has 4 N–H and O–H groups in total. The summed E-state index contributed by atoms with van der Waals surface area (Å²) in [5.74, 6) is -8.87. The highest BCUT2D eigenvalue weighted by Gasteiger charge is 2.49.